The molecule has 0 aliphatic carbocycles. The second-order valence-corrected chi connectivity index (χ2v) is 3.69. The third kappa shape index (κ3) is 3.53. The first kappa shape index (κ1) is 12.0. The highest BCUT2D eigenvalue weighted by Gasteiger charge is 2.04. The van der Waals surface area contributed by atoms with E-state index < -0.39 is 0 Å². The molecule has 1 aromatic rings. The van der Waals surface area contributed by atoms with Crippen molar-refractivity contribution < 1.29 is 4.39 Å². The summed E-state index contributed by atoms with van der Waals surface area (Å²) >= 11 is 0. The SMILES string of the molecule is CCCCCNc1cnn(CCF)c1C. The van der Waals surface area contributed by atoms with Crippen molar-refractivity contribution in [2.45, 2.75) is 39.7 Å². The number of aromatic nitrogens is 2. The first-order chi connectivity index (χ1) is 7.29. The Hall–Kier alpha value is -1.06. The maximum absolute atomic E-state index is 12.1. The molecule has 15 heavy (non-hydrogen) atoms. The molecule has 4 heteroatoms. The zero-order valence-corrected chi connectivity index (χ0v) is 9.59. The highest BCUT2D eigenvalue weighted by Crippen LogP contribution is 2.13. The zero-order valence-electron chi connectivity index (χ0n) is 9.59. The number of nitrogens with zero attached hydrogens (tertiary/aromatic N) is 2. The minimum absolute atomic E-state index is 0.350. The Morgan fingerprint density at radius 3 is 2.93 bits per heavy atom. The van der Waals surface area contributed by atoms with Crippen LogP contribution in [0.3, 0.4) is 0 Å². The van der Waals surface area contributed by atoms with Crippen molar-refractivity contribution in [3.05, 3.63) is 11.9 Å². The summed E-state index contributed by atoms with van der Waals surface area (Å²) in [6, 6.07) is 0. The lowest BCUT2D eigenvalue weighted by atomic mass is 10.2. The van der Waals surface area contributed by atoms with Crippen LogP contribution in [0.15, 0.2) is 6.20 Å². The van der Waals surface area contributed by atoms with E-state index in [-0.39, 0.29) is 6.67 Å². The maximum Gasteiger partial charge on any atom is 0.109 e. The van der Waals surface area contributed by atoms with Crippen LogP contribution >= 0.6 is 0 Å². The van der Waals surface area contributed by atoms with Gasteiger partial charge in [-0.05, 0) is 13.3 Å². The van der Waals surface area contributed by atoms with Crippen LogP contribution in [0, 0.1) is 6.92 Å². The topological polar surface area (TPSA) is 29.9 Å². The molecule has 0 spiro atoms. The number of rotatable bonds is 7. The van der Waals surface area contributed by atoms with Gasteiger partial charge in [0.05, 0.1) is 24.1 Å². The second kappa shape index (κ2) is 6.43. The molecule has 1 aromatic heterocycles. The minimum atomic E-state index is -0.363. The summed E-state index contributed by atoms with van der Waals surface area (Å²) in [5.41, 5.74) is 2.05. The molecular formula is C11H20FN3. The second-order valence-electron chi connectivity index (χ2n) is 3.69. The van der Waals surface area contributed by atoms with Crippen molar-refractivity contribution in [3.63, 3.8) is 0 Å². The summed E-state index contributed by atoms with van der Waals surface area (Å²) in [4.78, 5) is 0. The molecule has 1 N–H and O–H groups in total. The van der Waals surface area contributed by atoms with E-state index in [1.54, 1.807) is 10.9 Å². The van der Waals surface area contributed by atoms with Crippen molar-refractivity contribution in [3.8, 4) is 0 Å². The highest BCUT2D eigenvalue weighted by atomic mass is 19.1. The quantitative estimate of drug-likeness (QED) is 0.706. The lowest BCUT2D eigenvalue weighted by molar-refractivity contribution is 0.423. The van der Waals surface area contributed by atoms with Crippen LogP contribution in [0.1, 0.15) is 31.9 Å². The molecule has 1 rings (SSSR count). The number of halogens is 1. The number of hydrogen-bond donors (Lipinski definition) is 1. The van der Waals surface area contributed by atoms with E-state index in [0.717, 1.165) is 17.9 Å². The van der Waals surface area contributed by atoms with Crippen LogP contribution in [0.25, 0.3) is 0 Å². The molecule has 0 radical (unpaired) electrons. The Morgan fingerprint density at radius 1 is 1.47 bits per heavy atom. The minimum Gasteiger partial charge on any atom is -0.382 e. The van der Waals surface area contributed by atoms with Crippen LogP contribution in [-0.2, 0) is 6.54 Å². The fraction of sp³-hybridized carbons (Fsp3) is 0.727. The molecule has 0 amide bonds. The summed E-state index contributed by atoms with van der Waals surface area (Å²) in [6.45, 7) is 5.10. The van der Waals surface area contributed by atoms with Gasteiger partial charge in [0.25, 0.3) is 0 Å². The number of anilines is 1. The van der Waals surface area contributed by atoms with E-state index in [1.807, 2.05) is 6.92 Å². The monoisotopic (exact) mass is 213 g/mol. The number of nitrogens with one attached hydrogen (secondary N) is 1. The standard InChI is InChI=1S/C11H20FN3/c1-3-4-5-7-13-11-9-14-15(8-6-12)10(11)2/h9,13H,3-8H2,1-2H3. The van der Waals surface area contributed by atoms with Crippen molar-refractivity contribution >= 4 is 5.69 Å². The average molecular weight is 213 g/mol. The van der Waals surface area contributed by atoms with E-state index in [9.17, 15) is 4.39 Å². The molecule has 0 aromatic carbocycles. The summed E-state index contributed by atoms with van der Waals surface area (Å²) in [6.07, 6.45) is 5.41. The van der Waals surface area contributed by atoms with E-state index in [0.29, 0.717) is 6.54 Å². The van der Waals surface area contributed by atoms with Gasteiger partial charge in [-0.1, -0.05) is 19.8 Å². The largest absolute Gasteiger partial charge is 0.382 e. The first-order valence-electron chi connectivity index (χ1n) is 5.61. The molecule has 0 fully saturated rings. The molecule has 0 aliphatic rings. The predicted octanol–water partition coefficient (Wildman–Crippen LogP) is 2.76. The van der Waals surface area contributed by atoms with Crippen LogP contribution in [0.2, 0.25) is 0 Å². The van der Waals surface area contributed by atoms with Gasteiger partial charge in [-0.25, -0.2) is 4.39 Å². The Labute approximate surface area is 90.7 Å². The lowest BCUT2D eigenvalue weighted by Crippen LogP contribution is -2.06. The average Bonchev–Trinajstić information content (AvgIpc) is 2.57. The van der Waals surface area contributed by atoms with Gasteiger partial charge in [0.1, 0.15) is 6.67 Å². The molecular weight excluding hydrogens is 193 g/mol. The summed E-state index contributed by atoms with van der Waals surface area (Å²) < 4.78 is 13.8. The van der Waals surface area contributed by atoms with Gasteiger partial charge in [0.15, 0.2) is 0 Å². The lowest BCUT2D eigenvalue weighted by Gasteiger charge is -2.05. The smallest absolute Gasteiger partial charge is 0.109 e. The van der Waals surface area contributed by atoms with E-state index in [4.69, 9.17) is 0 Å². The van der Waals surface area contributed by atoms with E-state index in [1.165, 1.54) is 19.3 Å². The molecule has 0 saturated heterocycles. The Kier molecular flexibility index (Phi) is 5.15. The Morgan fingerprint density at radius 2 is 2.27 bits per heavy atom. The van der Waals surface area contributed by atoms with Crippen LogP contribution in [0.4, 0.5) is 10.1 Å². The van der Waals surface area contributed by atoms with Crippen molar-refractivity contribution in [1.29, 1.82) is 0 Å². The van der Waals surface area contributed by atoms with Gasteiger partial charge in [-0.15, -0.1) is 0 Å². The maximum atomic E-state index is 12.1. The van der Waals surface area contributed by atoms with Crippen LogP contribution in [-0.4, -0.2) is 23.0 Å². The third-order valence-corrected chi connectivity index (χ3v) is 2.50. The fourth-order valence-corrected chi connectivity index (χ4v) is 1.52. The number of aryl methyl sites for hydroxylation is 1. The molecule has 0 saturated carbocycles. The molecule has 0 atom stereocenters. The van der Waals surface area contributed by atoms with Crippen LogP contribution in [0.5, 0.6) is 0 Å². The zero-order chi connectivity index (χ0) is 11.1. The number of unbranched alkanes of at least 4 members (excludes halogenated alkanes) is 2. The molecule has 86 valence electrons. The van der Waals surface area contributed by atoms with Crippen molar-refractivity contribution in [2.24, 2.45) is 0 Å². The third-order valence-electron chi connectivity index (χ3n) is 2.50. The number of hydrogen-bond acceptors (Lipinski definition) is 2. The van der Waals surface area contributed by atoms with Gasteiger partial charge in [0.2, 0.25) is 0 Å². The van der Waals surface area contributed by atoms with Gasteiger partial charge in [0, 0.05) is 6.54 Å². The van der Waals surface area contributed by atoms with Crippen LogP contribution < -0.4 is 5.32 Å². The van der Waals surface area contributed by atoms with Crippen molar-refractivity contribution in [2.75, 3.05) is 18.5 Å². The summed E-state index contributed by atoms with van der Waals surface area (Å²) in [7, 11) is 0. The van der Waals surface area contributed by atoms with Crippen molar-refractivity contribution in [1.82, 2.24) is 9.78 Å². The highest BCUT2D eigenvalue weighted by molar-refractivity contribution is 5.45. The Balaban J connectivity index is 2.40. The Bertz CT molecular complexity index is 283. The molecule has 1 heterocycles. The summed E-state index contributed by atoms with van der Waals surface area (Å²) in [5, 5.41) is 7.44. The summed E-state index contributed by atoms with van der Waals surface area (Å²) in [5.74, 6) is 0. The molecule has 3 nitrogen and oxygen atoms in total. The predicted molar refractivity (Wildman–Crippen MR) is 61.0 cm³/mol. The molecule has 0 unspecified atom stereocenters. The van der Waals surface area contributed by atoms with Gasteiger partial charge in [-0.2, -0.15) is 5.10 Å². The van der Waals surface area contributed by atoms with E-state index >= 15 is 0 Å². The van der Waals surface area contributed by atoms with Gasteiger partial charge < -0.3 is 5.32 Å². The van der Waals surface area contributed by atoms with Gasteiger partial charge >= 0.3 is 0 Å². The molecule has 0 bridgehead atoms. The normalized spacial score (nSPS) is 10.6. The van der Waals surface area contributed by atoms with E-state index in [2.05, 4.69) is 17.3 Å². The van der Waals surface area contributed by atoms with Gasteiger partial charge in [-0.3, -0.25) is 4.68 Å². The number of alkyl halides is 1. The fourth-order valence-electron chi connectivity index (χ4n) is 1.52. The molecule has 0 aliphatic heterocycles. The first-order valence-corrected chi connectivity index (χ1v) is 5.61.